The van der Waals surface area contributed by atoms with Crippen LogP contribution in [0.4, 0.5) is 0 Å². The van der Waals surface area contributed by atoms with Crippen molar-refractivity contribution in [3.05, 3.63) is 24.0 Å². The molecule has 1 aromatic heterocycles. The maximum Gasteiger partial charge on any atom is 0.121 e. The van der Waals surface area contributed by atoms with Crippen LogP contribution in [0.25, 0.3) is 11.0 Å². The number of alkyl halides is 1. The molecule has 0 aliphatic carbocycles. The minimum Gasteiger partial charge on any atom is -0.491 e. The average Bonchev–Trinajstić information content (AvgIpc) is 2.70. The smallest absolute Gasteiger partial charge is 0.121 e. The Labute approximate surface area is 110 Å². The van der Waals surface area contributed by atoms with E-state index in [1.54, 1.807) is 0 Å². The van der Waals surface area contributed by atoms with Gasteiger partial charge in [-0.15, -0.1) is 0 Å². The molecule has 17 heavy (non-hydrogen) atoms. The van der Waals surface area contributed by atoms with E-state index in [0.29, 0.717) is 0 Å². The topological polar surface area (TPSA) is 37.9 Å². The van der Waals surface area contributed by atoms with Crippen LogP contribution in [0, 0.1) is 0 Å². The van der Waals surface area contributed by atoms with Gasteiger partial charge in [-0.25, -0.2) is 4.98 Å². The molecule has 0 amide bonds. The molecule has 1 N–H and O–H groups in total. The summed E-state index contributed by atoms with van der Waals surface area (Å²) in [4.78, 5) is 8.15. The van der Waals surface area contributed by atoms with Crippen molar-refractivity contribution >= 4 is 27.0 Å². The third-order valence-corrected chi connectivity index (χ3v) is 3.58. The Morgan fingerprint density at radius 1 is 1.41 bits per heavy atom. The van der Waals surface area contributed by atoms with Crippen molar-refractivity contribution in [3.63, 3.8) is 0 Å². The molecule has 0 aliphatic heterocycles. The minimum absolute atomic E-state index is 0.189. The van der Waals surface area contributed by atoms with Crippen LogP contribution in [0.3, 0.4) is 0 Å². The van der Waals surface area contributed by atoms with Crippen LogP contribution in [-0.2, 0) is 0 Å². The number of ether oxygens (including phenoxy) is 1. The summed E-state index contributed by atoms with van der Waals surface area (Å²) in [6.07, 6.45) is 1.20. The Morgan fingerprint density at radius 2 is 2.18 bits per heavy atom. The number of benzene rings is 1. The monoisotopic (exact) mass is 296 g/mol. The number of rotatable bonds is 4. The van der Waals surface area contributed by atoms with E-state index in [2.05, 4.69) is 32.8 Å². The standard InChI is InChI=1S/C13H17BrN2O/c1-4-10(14)13-15-11-6-5-9(17-8(2)3)7-12(11)16-13/h5-8,10H,4H2,1-3H3,(H,15,16). The molecule has 2 aromatic rings. The molecule has 1 atom stereocenters. The van der Waals surface area contributed by atoms with E-state index in [1.165, 1.54) is 0 Å². The molecule has 3 nitrogen and oxygen atoms in total. The summed E-state index contributed by atoms with van der Waals surface area (Å²) in [5, 5.41) is 0. The zero-order chi connectivity index (χ0) is 12.4. The summed E-state index contributed by atoms with van der Waals surface area (Å²) in [5.41, 5.74) is 2.00. The molecule has 2 rings (SSSR count). The number of aromatic amines is 1. The third kappa shape index (κ3) is 2.80. The van der Waals surface area contributed by atoms with Gasteiger partial charge in [0.25, 0.3) is 0 Å². The lowest BCUT2D eigenvalue weighted by Gasteiger charge is -2.08. The number of imidazole rings is 1. The highest BCUT2D eigenvalue weighted by atomic mass is 79.9. The second-order valence-corrected chi connectivity index (χ2v) is 5.45. The Balaban J connectivity index is 2.34. The first-order chi connectivity index (χ1) is 8.10. The summed E-state index contributed by atoms with van der Waals surface area (Å²) >= 11 is 3.60. The zero-order valence-electron chi connectivity index (χ0n) is 10.3. The highest BCUT2D eigenvalue weighted by molar-refractivity contribution is 9.09. The van der Waals surface area contributed by atoms with Gasteiger partial charge in [0.1, 0.15) is 11.6 Å². The van der Waals surface area contributed by atoms with E-state index in [9.17, 15) is 0 Å². The number of hydrogen-bond acceptors (Lipinski definition) is 2. The van der Waals surface area contributed by atoms with Gasteiger partial charge in [0.2, 0.25) is 0 Å². The Bertz CT molecular complexity index is 507. The molecule has 0 radical (unpaired) electrons. The van der Waals surface area contributed by atoms with Gasteiger partial charge < -0.3 is 9.72 Å². The quantitative estimate of drug-likeness (QED) is 0.859. The van der Waals surface area contributed by atoms with E-state index in [-0.39, 0.29) is 10.9 Å². The van der Waals surface area contributed by atoms with Gasteiger partial charge in [0, 0.05) is 6.07 Å². The van der Waals surface area contributed by atoms with Gasteiger partial charge >= 0.3 is 0 Å². The number of fused-ring (bicyclic) bond motifs is 1. The van der Waals surface area contributed by atoms with Crippen LogP contribution in [-0.4, -0.2) is 16.1 Å². The number of hydrogen-bond donors (Lipinski definition) is 1. The normalized spacial score (nSPS) is 13.2. The molecule has 0 bridgehead atoms. The van der Waals surface area contributed by atoms with Crippen molar-refractivity contribution in [2.24, 2.45) is 0 Å². The van der Waals surface area contributed by atoms with Gasteiger partial charge in [-0.05, 0) is 32.4 Å². The van der Waals surface area contributed by atoms with Crippen molar-refractivity contribution in [2.75, 3.05) is 0 Å². The first-order valence-corrected chi connectivity index (χ1v) is 6.82. The highest BCUT2D eigenvalue weighted by Crippen LogP contribution is 2.27. The molecule has 4 heteroatoms. The number of halogens is 1. The largest absolute Gasteiger partial charge is 0.491 e. The van der Waals surface area contributed by atoms with Crippen molar-refractivity contribution < 1.29 is 4.74 Å². The molecule has 0 fully saturated rings. The van der Waals surface area contributed by atoms with Crippen LogP contribution < -0.4 is 4.74 Å². The van der Waals surface area contributed by atoms with Gasteiger partial charge in [0.15, 0.2) is 0 Å². The molecule has 1 unspecified atom stereocenters. The lowest BCUT2D eigenvalue weighted by Crippen LogP contribution is -2.05. The third-order valence-electron chi connectivity index (χ3n) is 2.50. The number of aromatic nitrogens is 2. The molecule has 0 saturated heterocycles. The predicted octanol–water partition coefficient (Wildman–Crippen LogP) is 4.20. The van der Waals surface area contributed by atoms with Crippen LogP contribution in [0.1, 0.15) is 37.8 Å². The fourth-order valence-electron chi connectivity index (χ4n) is 1.70. The van der Waals surface area contributed by atoms with Crippen LogP contribution in [0.15, 0.2) is 18.2 Å². The van der Waals surface area contributed by atoms with Crippen molar-refractivity contribution in [3.8, 4) is 5.75 Å². The summed E-state index contributed by atoms with van der Waals surface area (Å²) in [7, 11) is 0. The van der Waals surface area contributed by atoms with E-state index in [4.69, 9.17) is 4.74 Å². The van der Waals surface area contributed by atoms with E-state index in [1.807, 2.05) is 32.0 Å². The Hall–Kier alpha value is -1.03. The van der Waals surface area contributed by atoms with E-state index < -0.39 is 0 Å². The lowest BCUT2D eigenvalue weighted by molar-refractivity contribution is 0.242. The molecule has 92 valence electrons. The highest BCUT2D eigenvalue weighted by Gasteiger charge is 2.10. The zero-order valence-corrected chi connectivity index (χ0v) is 11.9. The number of nitrogens with zero attached hydrogens (tertiary/aromatic N) is 1. The molecule has 1 heterocycles. The van der Waals surface area contributed by atoms with Crippen LogP contribution >= 0.6 is 15.9 Å². The van der Waals surface area contributed by atoms with Crippen molar-refractivity contribution in [2.45, 2.75) is 38.1 Å². The molecule has 0 aliphatic rings. The summed E-state index contributed by atoms with van der Waals surface area (Å²) < 4.78 is 5.66. The first kappa shape index (κ1) is 12.4. The fourth-order valence-corrected chi connectivity index (χ4v) is 1.91. The SMILES string of the molecule is CCC(Br)c1nc2ccc(OC(C)C)cc2[nH]1. The molecule has 1 aromatic carbocycles. The van der Waals surface area contributed by atoms with Crippen molar-refractivity contribution in [1.82, 2.24) is 9.97 Å². The summed E-state index contributed by atoms with van der Waals surface area (Å²) in [6, 6.07) is 5.95. The second-order valence-electron chi connectivity index (χ2n) is 4.34. The number of nitrogens with one attached hydrogen (secondary N) is 1. The van der Waals surface area contributed by atoms with Gasteiger partial charge in [-0.2, -0.15) is 0 Å². The number of H-pyrrole nitrogens is 1. The molecular weight excluding hydrogens is 280 g/mol. The average molecular weight is 297 g/mol. The minimum atomic E-state index is 0.189. The summed E-state index contributed by atoms with van der Waals surface area (Å²) in [6.45, 7) is 6.17. The lowest BCUT2D eigenvalue weighted by atomic mass is 10.3. The molecule has 0 saturated carbocycles. The van der Waals surface area contributed by atoms with Gasteiger partial charge in [-0.3, -0.25) is 0 Å². The van der Waals surface area contributed by atoms with Gasteiger partial charge in [-0.1, -0.05) is 22.9 Å². The maximum atomic E-state index is 5.66. The maximum absolute atomic E-state index is 5.66. The van der Waals surface area contributed by atoms with Crippen LogP contribution in [0.2, 0.25) is 0 Å². The van der Waals surface area contributed by atoms with Crippen LogP contribution in [0.5, 0.6) is 5.75 Å². The molecular formula is C13H17BrN2O. The van der Waals surface area contributed by atoms with E-state index in [0.717, 1.165) is 29.0 Å². The summed E-state index contributed by atoms with van der Waals surface area (Å²) in [5.74, 6) is 1.86. The van der Waals surface area contributed by atoms with E-state index >= 15 is 0 Å². The van der Waals surface area contributed by atoms with Crippen molar-refractivity contribution in [1.29, 1.82) is 0 Å². The Kier molecular flexibility index (Phi) is 3.72. The van der Waals surface area contributed by atoms with Gasteiger partial charge in [0.05, 0.1) is 22.0 Å². The predicted molar refractivity (Wildman–Crippen MR) is 73.8 cm³/mol. The Morgan fingerprint density at radius 3 is 2.82 bits per heavy atom. The fraction of sp³-hybridized carbons (Fsp3) is 0.462. The molecule has 0 spiro atoms. The first-order valence-electron chi connectivity index (χ1n) is 5.90. The second kappa shape index (κ2) is 5.08.